The monoisotopic (exact) mass is 287 g/mol. The van der Waals surface area contributed by atoms with Crippen molar-refractivity contribution in [3.8, 4) is 0 Å². The Kier molecular flexibility index (Phi) is 4.18. The van der Waals surface area contributed by atoms with E-state index in [-0.39, 0.29) is 5.82 Å². The molecule has 2 nitrogen and oxygen atoms in total. The van der Waals surface area contributed by atoms with E-state index in [1.807, 2.05) is 18.2 Å². The van der Waals surface area contributed by atoms with Crippen LogP contribution in [0.4, 0.5) is 10.1 Å². The van der Waals surface area contributed by atoms with E-state index in [4.69, 9.17) is 4.74 Å². The number of halogens is 2. The number of morpholine rings is 1. The molecular formula is C12H15BrFNO. The molecule has 0 atom stereocenters. The van der Waals surface area contributed by atoms with Gasteiger partial charge in [-0.2, -0.15) is 0 Å². The summed E-state index contributed by atoms with van der Waals surface area (Å²) in [6.45, 7) is 2.91. The van der Waals surface area contributed by atoms with Gasteiger partial charge in [0.25, 0.3) is 0 Å². The second-order valence-electron chi connectivity index (χ2n) is 3.79. The third kappa shape index (κ3) is 2.55. The molecule has 0 amide bonds. The molecule has 4 heteroatoms. The lowest BCUT2D eigenvalue weighted by Gasteiger charge is -2.29. The molecule has 0 radical (unpaired) electrons. The van der Waals surface area contributed by atoms with E-state index in [9.17, 15) is 4.39 Å². The van der Waals surface area contributed by atoms with Crippen molar-refractivity contribution >= 4 is 21.6 Å². The van der Waals surface area contributed by atoms with Crippen LogP contribution in [0.2, 0.25) is 0 Å². The van der Waals surface area contributed by atoms with Crippen molar-refractivity contribution in [1.82, 2.24) is 0 Å². The highest BCUT2D eigenvalue weighted by Gasteiger charge is 2.16. The van der Waals surface area contributed by atoms with Crippen molar-refractivity contribution in [2.45, 2.75) is 6.42 Å². The maximum atomic E-state index is 14.1. The van der Waals surface area contributed by atoms with Crippen LogP contribution in [0, 0.1) is 5.82 Å². The molecule has 1 aromatic carbocycles. The maximum Gasteiger partial charge on any atom is 0.149 e. The quantitative estimate of drug-likeness (QED) is 0.793. The third-order valence-corrected chi connectivity index (χ3v) is 3.17. The first-order chi connectivity index (χ1) is 7.83. The van der Waals surface area contributed by atoms with E-state index in [1.54, 1.807) is 0 Å². The minimum atomic E-state index is -0.0798. The summed E-state index contributed by atoms with van der Waals surface area (Å²) in [5.74, 6) is -0.0798. The Bertz CT molecular complexity index is 353. The predicted molar refractivity (Wildman–Crippen MR) is 66.9 cm³/mol. The Hall–Kier alpha value is -0.610. The molecule has 88 valence electrons. The van der Waals surface area contributed by atoms with Crippen molar-refractivity contribution in [2.24, 2.45) is 0 Å². The van der Waals surface area contributed by atoms with Gasteiger partial charge >= 0.3 is 0 Å². The van der Waals surface area contributed by atoms with E-state index < -0.39 is 0 Å². The average Bonchev–Trinajstić information content (AvgIpc) is 2.33. The SMILES string of the molecule is Fc1c(CCBr)cccc1N1CCOCC1. The van der Waals surface area contributed by atoms with Gasteiger partial charge < -0.3 is 9.64 Å². The lowest BCUT2D eigenvalue weighted by Crippen LogP contribution is -2.36. The normalized spacial score (nSPS) is 16.5. The molecule has 1 aromatic rings. The van der Waals surface area contributed by atoms with Crippen molar-refractivity contribution < 1.29 is 9.13 Å². The number of hydrogen-bond donors (Lipinski definition) is 0. The van der Waals surface area contributed by atoms with Gasteiger partial charge in [0.2, 0.25) is 0 Å². The molecule has 1 saturated heterocycles. The molecule has 16 heavy (non-hydrogen) atoms. The van der Waals surface area contributed by atoms with Gasteiger partial charge in [0, 0.05) is 18.4 Å². The topological polar surface area (TPSA) is 12.5 Å². The first-order valence-corrected chi connectivity index (χ1v) is 6.61. The Morgan fingerprint density at radius 1 is 1.31 bits per heavy atom. The summed E-state index contributed by atoms with van der Waals surface area (Å²) < 4.78 is 19.4. The molecule has 2 rings (SSSR count). The van der Waals surface area contributed by atoms with E-state index in [1.165, 1.54) is 0 Å². The van der Waals surface area contributed by atoms with Crippen LogP contribution < -0.4 is 4.90 Å². The molecule has 1 aliphatic heterocycles. The number of benzene rings is 1. The van der Waals surface area contributed by atoms with Crippen LogP contribution in [0.5, 0.6) is 0 Å². The van der Waals surface area contributed by atoms with Crippen LogP contribution in [0.3, 0.4) is 0 Å². The van der Waals surface area contributed by atoms with Crippen molar-refractivity contribution in [3.05, 3.63) is 29.6 Å². The lowest BCUT2D eigenvalue weighted by molar-refractivity contribution is 0.122. The lowest BCUT2D eigenvalue weighted by atomic mass is 10.1. The second kappa shape index (κ2) is 5.64. The molecule has 0 aliphatic carbocycles. The Morgan fingerprint density at radius 2 is 2.06 bits per heavy atom. The number of ether oxygens (including phenoxy) is 1. The molecule has 0 unspecified atom stereocenters. The van der Waals surface area contributed by atoms with Crippen LogP contribution in [-0.4, -0.2) is 31.6 Å². The predicted octanol–water partition coefficient (Wildman–Crippen LogP) is 2.60. The fourth-order valence-electron chi connectivity index (χ4n) is 1.91. The van der Waals surface area contributed by atoms with E-state index in [0.29, 0.717) is 18.9 Å². The number of aryl methyl sites for hydroxylation is 1. The van der Waals surface area contributed by atoms with E-state index >= 15 is 0 Å². The van der Waals surface area contributed by atoms with Crippen LogP contribution in [0.15, 0.2) is 18.2 Å². The summed E-state index contributed by atoms with van der Waals surface area (Å²) in [7, 11) is 0. The highest BCUT2D eigenvalue weighted by molar-refractivity contribution is 9.09. The molecule has 1 heterocycles. The molecule has 0 N–H and O–H groups in total. The Labute approximate surface area is 104 Å². The van der Waals surface area contributed by atoms with Crippen molar-refractivity contribution in [2.75, 3.05) is 36.5 Å². The van der Waals surface area contributed by atoms with Gasteiger partial charge in [-0.1, -0.05) is 28.1 Å². The van der Waals surface area contributed by atoms with E-state index in [2.05, 4.69) is 20.8 Å². The zero-order chi connectivity index (χ0) is 11.4. The fraction of sp³-hybridized carbons (Fsp3) is 0.500. The first kappa shape index (κ1) is 11.9. The maximum absolute atomic E-state index is 14.1. The first-order valence-electron chi connectivity index (χ1n) is 5.49. The summed E-state index contributed by atoms with van der Waals surface area (Å²) in [5, 5.41) is 0.788. The number of nitrogens with zero attached hydrogens (tertiary/aromatic N) is 1. The number of anilines is 1. The Balaban J connectivity index is 2.22. The smallest absolute Gasteiger partial charge is 0.149 e. The van der Waals surface area contributed by atoms with Crippen molar-refractivity contribution in [3.63, 3.8) is 0 Å². The molecule has 0 aromatic heterocycles. The summed E-state index contributed by atoms with van der Waals surface area (Å²) in [5.41, 5.74) is 1.49. The van der Waals surface area contributed by atoms with Gasteiger partial charge in [-0.3, -0.25) is 0 Å². The second-order valence-corrected chi connectivity index (χ2v) is 4.58. The molecule has 0 bridgehead atoms. The Morgan fingerprint density at radius 3 is 2.75 bits per heavy atom. The van der Waals surface area contributed by atoms with Crippen molar-refractivity contribution in [1.29, 1.82) is 0 Å². The largest absolute Gasteiger partial charge is 0.378 e. The van der Waals surface area contributed by atoms with Crippen LogP contribution in [-0.2, 0) is 11.2 Å². The molecule has 0 saturated carbocycles. The van der Waals surface area contributed by atoms with Crippen LogP contribution in [0.25, 0.3) is 0 Å². The third-order valence-electron chi connectivity index (χ3n) is 2.77. The zero-order valence-corrected chi connectivity index (χ0v) is 10.7. The summed E-state index contributed by atoms with van der Waals surface area (Å²) in [6.07, 6.45) is 0.726. The van der Waals surface area contributed by atoms with Gasteiger partial charge in [0.05, 0.1) is 18.9 Å². The summed E-state index contributed by atoms with van der Waals surface area (Å²) >= 11 is 3.34. The number of hydrogen-bond acceptors (Lipinski definition) is 2. The number of rotatable bonds is 3. The number of alkyl halides is 1. The van der Waals surface area contributed by atoms with Crippen LogP contribution in [0.1, 0.15) is 5.56 Å². The zero-order valence-electron chi connectivity index (χ0n) is 9.09. The average molecular weight is 288 g/mol. The van der Waals surface area contributed by atoms with Crippen LogP contribution >= 0.6 is 15.9 Å². The molecule has 1 aliphatic rings. The van der Waals surface area contributed by atoms with Gasteiger partial charge in [0.1, 0.15) is 5.82 Å². The minimum absolute atomic E-state index is 0.0798. The van der Waals surface area contributed by atoms with Gasteiger partial charge in [-0.05, 0) is 18.1 Å². The minimum Gasteiger partial charge on any atom is -0.378 e. The molecule has 0 spiro atoms. The standard InChI is InChI=1S/C12H15BrFNO/c13-5-4-10-2-1-3-11(12(10)14)15-6-8-16-9-7-15/h1-3H,4-9H2. The highest BCUT2D eigenvalue weighted by atomic mass is 79.9. The van der Waals surface area contributed by atoms with Gasteiger partial charge in [0.15, 0.2) is 0 Å². The molecule has 1 fully saturated rings. The fourth-order valence-corrected chi connectivity index (χ4v) is 2.34. The summed E-state index contributed by atoms with van der Waals surface area (Å²) in [4.78, 5) is 2.05. The molecular weight excluding hydrogens is 273 g/mol. The summed E-state index contributed by atoms with van der Waals surface area (Å²) in [6, 6.07) is 5.62. The van der Waals surface area contributed by atoms with Gasteiger partial charge in [-0.25, -0.2) is 4.39 Å². The highest BCUT2D eigenvalue weighted by Crippen LogP contribution is 2.23. The van der Waals surface area contributed by atoms with Gasteiger partial charge in [-0.15, -0.1) is 0 Å². The van der Waals surface area contributed by atoms with E-state index in [0.717, 1.165) is 30.4 Å².